The zero-order valence-electron chi connectivity index (χ0n) is 18.4. The van der Waals surface area contributed by atoms with Gasteiger partial charge in [0.05, 0.1) is 6.54 Å². The van der Waals surface area contributed by atoms with Gasteiger partial charge in [0, 0.05) is 19.1 Å². The van der Waals surface area contributed by atoms with E-state index in [-0.39, 0.29) is 29.9 Å². The van der Waals surface area contributed by atoms with Gasteiger partial charge in [-0.05, 0) is 38.1 Å². The lowest BCUT2D eigenvalue weighted by Gasteiger charge is -2.36. The first-order valence-corrected chi connectivity index (χ1v) is 11.0. The molecule has 1 atom stereocenters. The van der Waals surface area contributed by atoms with Gasteiger partial charge in [-0.1, -0.05) is 40.5 Å². The predicted molar refractivity (Wildman–Crippen MR) is 117 cm³/mol. The molecule has 164 valence electrons. The number of nitrogens with two attached hydrogens (primary N) is 1. The molecule has 2 rings (SSSR count). The number of amides is 1. The van der Waals surface area contributed by atoms with E-state index >= 15 is 0 Å². The summed E-state index contributed by atoms with van der Waals surface area (Å²) in [6, 6.07) is 0.395. The molecule has 1 aliphatic rings. The number of hydrogen-bond acceptors (Lipinski definition) is 5. The van der Waals surface area contributed by atoms with Crippen LogP contribution in [0.15, 0.2) is 9.59 Å². The van der Waals surface area contributed by atoms with Crippen LogP contribution in [-0.2, 0) is 11.3 Å². The molecule has 1 aliphatic heterocycles. The van der Waals surface area contributed by atoms with Crippen molar-refractivity contribution in [1.29, 1.82) is 0 Å². The van der Waals surface area contributed by atoms with Crippen molar-refractivity contribution in [3.8, 4) is 0 Å². The van der Waals surface area contributed by atoms with Gasteiger partial charge in [-0.15, -0.1) is 0 Å². The van der Waals surface area contributed by atoms with E-state index in [1.807, 2.05) is 20.8 Å². The van der Waals surface area contributed by atoms with Crippen molar-refractivity contribution in [3.63, 3.8) is 0 Å². The van der Waals surface area contributed by atoms with E-state index in [0.717, 1.165) is 38.6 Å². The summed E-state index contributed by atoms with van der Waals surface area (Å²) in [7, 11) is 0. The smallest absolute Gasteiger partial charge is 0.330 e. The monoisotopic (exact) mass is 407 g/mol. The minimum absolute atomic E-state index is 0.0718. The topological polar surface area (TPSA) is 104 Å². The maximum absolute atomic E-state index is 13.3. The molecule has 1 saturated heterocycles. The Kier molecular flexibility index (Phi) is 8.49. The van der Waals surface area contributed by atoms with Gasteiger partial charge in [0.2, 0.25) is 5.91 Å². The Balaban J connectivity index is 2.40. The third-order valence-corrected chi connectivity index (χ3v) is 5.63. The SMILES string of the molecule is CCCCN(C(=O)CN1CCCCC1CC)c1c(N)n(CC(C)C)c(=O)[nH]c1=O. The molecular formula is C21H37N5O3. The highest BCUT2D eigenvalue weighted by molar-refractivity contribution is 5.96. The molecule has 1 aromatic rings. The van der Waals surface area contributed by atoms with Crippen molar-refractivity contribution in [2.75, 3.05) is 30.3 Å². The summed E-state index contributed by atoms with van der Waals surface area (Å²) in [5.74, 6) is 0.112. The van der Waals surface area contributed by atoms with E-state index in [1.54, 1.807) is 0 Å². The second kappa shape index (κ2) is 10.6. The molecule has 8 nitrogen and oxygen atoms in total. The third kappa shape index (κ3) is 5.72. The molecular weight excluding hydrogens is 370 g/mol. The Bertz CT molecular complexity index is 798. The molecule has 0 aromatic carbocycles. The molecule has 1 unspecified atom stereocenters. The first kappa shape index (κ1) is 23.2. The van der Waals surface area contributed by atoms with E-state index in [4.69, 9.17) is 5.73 Å². The van der Waals surface area contributed by atoms with E-state index in [2.05, 4.69) is 16.8 Å². The molecule has 0 spiro atoms. The highest BCUT2D eigenvalue weighted by Crippen LogP contribution is 2.22. The number of carbonyl (C=O) groups excluding carboxylic acids is 1. The maximum atomic E-state index is 13.3. The lowest BCUT2D eigenvalue weighted by molar-refractivity contribution is -0.120. The third-order valence-electron chi connectivity index (χ3n) is 5.63. The standard InChI is InChI=1S/C21H37N5O3/c1-5-7-12-25(17(27)14-24-11-9-8-10-16(24)6-2)18-19(22)26(13-15(3)4)21(29)23-20(18)28/h15-16H,5-14,22H2,1-4H3,(H,23,28,29). The van der Waals surface area contributed by atoms with E-state index < -0.39 is 11.2 Å². The van der Waals surface area contributed by atoms with E-state index in [1.165, 1.54) is 15.9 Å². The number of unbranched alkanes of at least 4 members (excludes halogenated alkanes) is 1. The Labute approximate surface area is 173 Å². The minimum Gasteiger partial charge on any atom is -0.383 e. The number of likely N-dealkylation sites (tertiary alicyclic amines) is 1. The fraction of sp³-hybridized carbons (Fsp3) is 0.762. The van der Waals surface area contributed by atoms with E-state index in [9.17, 15) is 14.4 Å². The van der Waals surface area contributed by atoms with Crippen molar-refractivity contribution in [2.24, 2.45) is 5.92 Å². The molecule has 0 radical (unpaired) electrons. The quantitative estimate of drug-likeness (QED) is 0.653. The molecule has 0 saturated carbocycles. The number of piperidine rings is 1. The number of nitrogen functional groups attached to an aromatic ring is 1. The van der Waals surface area contributed by atoms with Crippen molar-refractivity contribution >= 4 is 17.4 Å². The van der Waals surface area contributed by atoms with Gasteiger partial charge in [0.1, 0.15) is 5.82 Å². The first-order chi connectivity index (χ1) is 13.8. The van der Waals surface area contributed by atoms with Crippen LogP contribution in [0.5, 0.6) is 0 Å². The summed E-state index contributed by atoms with van der Waals surface area (Å²) in [5.41, 5.74) is 5.24. The van der Waals surface area contributed by atoms with E-state index in [0.29, 0.717) is 19.1 Å². The second-order valence-electron chi connectivity index (χ2n) is 8.42. The highest BCUT2D eigenvalue weighted by atomic mass is 16.2. The average molecular weight is 408 g/mol. The van der Waals surface area contributed by atoms with Crippen molar-refractivity contribution in [2.45, 2.75) is 78.8 Å². The summed E-state index contributed by atoms with van der Waals surface area (Å²) in [6.07, 6.45) is 6.01. The molecule has 3 N–H and O–H groups in total. The van der Waals surface area contributed by atoms with Gasteiger partial charge in [-0.25, -0.2) is 4.79 Å². The van der Waals surface area contributed by atoms with Crippen LogP contribution in [0.4, 0.5) is 11.5 Å². The summed E-state index contributed by atoms with van der Waals surface area (Å²) in [5, 5.41) is 0. The molecule has 1 amide bonds. The molecule has 1 fully saturated rings. The number of nitrogens with zero attached hydrogens (tertiary/aromatic N) is 3. The normalized spacial score (nSPS) is 17.6. The van der Waals surface area contributed by atoms with Crippen molar-refractivity contribution < 1.29 is 4.79 Å². The van der Waals surface area contributed by atoms with Gasteiger partial charge >= 0.3 is 5.69 Å². The number of rotatable bonds is 9. The van der Waals surface area contributed by atoms with Gasteiger partial charge in [-0.3, -0.25) is 24.0 Å². The van der Waals surface area contributed by atoms with Crippen LogP contribution in [0.25, 0.3) is 0 Å². The average Bonchev–Trinajstić information content (AvgIpc) is 2.67. The first-order valence-electron chi connectivity index (χ1n) is 11.0. The molecule has 2 heterocycles. The zero-order valence-corrected chi connectivity index (χ0v) is 18.4. The van der Waals surface area contributed by atoms with Crippen LogP contribution in [0.1, 0.15) is 66.2 Å². The van der Waals surface area contributed by atoms with Crippen LogP contribution in [0.2, 0.25) is 0 Å². The van der Waals surface area contributed by atoms with Crippen LogP contribution in [-0.4, -0.2) is 46.0 Å². The number of H-pyrrole nitrogens is 1. The van der Waals surface area contributed by atoms with Crippen LogP contribution in [0.3, 0.4) is 0 Å². The largest absolute Gasteiger partial charge is 0.383 e. The fourth-order valence-corrected chi connectivity index (χ4v) is 4.05. The lowest BCUT2D eigenvalue weighted by atomic mass is 10.00. The number of hydrogen-bond donors (Lipinski definition) is 2. The van der Waals surface area contributed by atoms with Gasteiger partial charge in [0.25, 0.3) is 5.56 Å². The summed E-state index contributed by atoms with van der Waals surface area (Å²) < 4.78 is 1.36. The van der Waals surface area contributed by atoms with Crippen LogP contribution < -0.4 is 21.9 Å². The van der Waals surface area contributed by atoms with Gasteiger partial charge in [-0.2, -0.15) is 0 Å². The Hall–Kier alpha value is -2.09. The minimum atomic E-state index is -0.595. The number of anilines is 2. The molecule has 29 heavy (non-hydrogen) atoms. The fourth-order valence-electron chi connectivity index (χ4n) is 4.05. The molecule has 0 bridgehead atoms. The van der Waals surface area contributed by atoms with Crippen molar-refractivity contribution in [1.82, 2.24) is 14.5 Å². The highest BCUT2D eigenvalue weighted by Gasteiger charge is 2.28. The van der Waals surface area contributed by atoms with Gasteiger partial charge in [0.15, 0.2) is 5.69 Å². The summed E-state index contributed by atoms with van der Waals surface area (Å²) in [4.78, 5) is 44.3. The zero-order chi connectivity index (χ0) is 21.6. The van der Waals surface area contributed by atoms with Crippen LogP contribution >= 0.6 is 0 Å². The lowest BCUT2D eigenvalue weighted by Crippen LogP contribution is -2.49. The maximum Gasteiger partial charge on any atom is 0.330 e. The van der Waals surface area contributed by atoms with Crippen LogP contribution in [0, 0.1) is 5.92 Å². The number of aromatic amines is 1. The number of carbonyl (C=O) groups is 1. The summed E-state index contributed by atoms with van der Waals surface area (Å²) >= 11 is 0. The van der Waals surface area contributed by atoms with Crippen molar-refractivity contribution in [3.05, 3.63) is 20.8 Å². The Morgan fingerprint density at radius 1 is 1.28 bits per heavy atom. The second-order valence-corrected chi connectivity index (χ2v) is 8.42. The summed E-state index contributed by atoms with van der Waals surface area (Å²) in [6.45, 7) is 10.1. The Morgan fingerprint density at radius 2 is 2.00 bits per heavy atom. The number of nitrogens with one attached hydrogen (secondary N) is 1. The molecule has 8 heteroatoms. The predicted octanol–water partition coefficient (Wildman–Crippen LogP) is 2.17. The van der Waals surface area contributed by atoms with Gasteiger partial charge < -0.3 is 10.6 Å². The molecule has 1 aromatic heterocycles. The Morgan fingerprint density at radius 3 is 2.62 bits per heavy atom. The molecule has 0 aliphatic carbocycles. The number of aromatic nitrogens is 2.